The summed E-state index contributed by atoms with van der Waals surface area (Å²) in [6.07, 6.45) is 0. The number of ether oxygens (including phenoxy) is 2. The molecule has 3 aromatic carbocycles. The van der Waals surface area contributed by atoms with E-state index < -0.39 is 30.3 Å². The second-order valence-electron chi connectivity index (χ2n) is 7.85. The van der Waals surface area contributed by atoms with Gasteiger partial charge in [0.1, 0.15) is 5.75 Å². The van der Waals surface area contributed by atoms with Crippen molar-refractivity contribution >= 4 is 35.1 Å². The van der Waals surface area contributed by atoms with Crippen LogP contribution in [0.1, 0.15) is 42.2 Å². The van der Waals surface area contributed by atoms with Gasteiger partial charge in [0, 0.05) is 5.69 Å². The summed E-state index contributed by atoms with van der Waals surface area (Å²) in [6, 6.07) is 16.3. The third kappa shape index (κ3) is 4.38. The van der Waals surface area contributed by atoms with Crippen molar-refractivity contribution < 1.29 is 28.7 Å². The summed E-state index contributed by atoms with van der Waals surface area (Å²) in [6.45, 7) is 3.18. The van der Waals surface area contributed by atoms with Gasteiger partial charge in [-0.2, -0.15) is 0 Å². The number of amides is 3. The van der Waals surface area contributed by atoms with Crippen molar-refractivity contribution in [2.24, 2.45) is 0 Å². The van der Waals surface area contributed by atoms with E-state index in [-0.39, 0.29) is 16.7 Å². The highest BCUT2D eigenvalue weighted by molar-refractivity contribution is 6.35. The van der Waals surface area contributed by atoms with Gasteiger partial charge in [0.05, 0.1) is 29.5 Å². The summed E-state index contributed by atoms with van der Waals surface area (Å²) >= 11 is 0. The summed E-state index contributed by atoms with van der Waals surface area (Å²) in [4.78, 5) is 51.7. The molecule has 1 aliphatic rings. The molecule has 1 N–H and O–H groups in total. The molecule has 8 heteroatoms. The van der Waals surface area contributed by atoms with Gasteiger partial charge in [0.25, 0.3) is 17.7 Å². The Morgan fingerprint density at radius 2 is 1.59 bits per heavy atom. The molecule has 8 nitrogen and oxygen atoms in total. The number of anilines is 2. The first kappa shape index (κ1) is 22.7. The Kier molecular flexibility index (Phi) is 6.14. The molecular formula is C26H22N2O6. The van der Waals surface area contributed by atoms with Crippen LogP contribution in [-0.4, -0.2) is 37.4 Å². The van der Waals surface area contributed by atoms with E-state index in [0.717, 1.165) is 16.0 Å². The molecule has 0 saturated heterocycles. The molecule has 34 heavy (non-hydrogen) atoms. The molecule has 0 atom stereocenters. The van der Waals surface area contributed by atoms with Crippen LogP contribution in [0.3, 0.4) is 0 Å². The molecule has 3 aromatic rings. The molecule has 0 aliphatic carbocycles. The molecule has 4 rings (SSSR count). The van der Waals surface area contributed by atoms with Gasteiger partial charge in [0.15, 0.2) is 6.61 Å². The number of aryl methyl sites for hydroxylation is 2. The zero-order chi connectivity index (χ0) is 24.4. The Morgan fingerprint density at radius 1 is 0.882 bits per heavy atom. The van der Waals surface area contributed by atoms with Gasteiger partial charge in [0.2, 0.25) is 0 Å². The molecule has 172 valence electrons. The molecule has 3 amide bonds. The van der Waals surface area contributed by atoms with Crippen LogP contribution in [0.2, 0.25) is 0 Å². The first-order valence-electron chi connectivity index (χ1n) is 10.5. The van der Waals surface area contributed by atoms with Crippen LogP contribution in [0.25, 0.3) is 0 Å². The maximum Gasteiger partial charge on any atom is 0.338 e. The Labute approximate surface area is 196 Å². The first-order chi connectivity index (χ1) is 16.3. The number of esters is 1. The minimum atomic E-state index is -0.780. The number of imide groups is 1. The molecule has 0 saturated carbocycles. The van der Waals surface area contributed by atoms with E-state index in [4.69, 9.17) is 9.47 Å². The van der Waals surface area contributed by atoms with E-state index >= 15 is 0 Å². The lowest BCUT2D eigenvalue weighted by atomic mass is 10.1. The highest BCUT2D eigenvalue weighted by atomic mass is 16.5. The summed E-state index contributed by atoms with van der Waals surface area (Å²) in [5.74, 6) is -1.62. The van der Waals surface area contributed by atoms with Crippen LogP contribution in [0.15, 0.2) is 60.7 Å². The van der Waals surface area contributed by atoms with Gasteiger partial charge in [-0.15, -0.1) is 0 Å². The number of benzene rings is 3. The largest absolute Gasteiger partial charge is 0.497 e. The van der Waals surface area contributed by atoms with Gasteiger partial charge in [-0.05, 0) is 73.5 Å². The summed E-state index contributed by atoms with van der Waals surface area (Å²) in [5, 5.41) is 2.61. The van der Waals surface area contributed by atoms with Crippen LogP contribution in [0.4, 0.5) is 11.4 Å². The number of rotatable bonds is 6. The SMILES string of the molecule is COc1ccc(NC(=O)COC(=O)c2ccc3c(c2)C(=O)N(c2cc(C)ccc2C)C3=O)cc1. The lowest BCUT2D eigenvalue weighted by Gasteiger charge is -2.17. The molecule has 1 aliphatic heterocycles. The second-order valence-corrected chi connectivity index (χ2v) is 7.85. The van der Waals surface area contributed by atoms with Crippen molar-refractivity contribution in [1.29, 1.82) is 0 Å². The number of nitrogens with one attached hydrogen (secondary N) is 1. The van der Waals surface area contributed by atoms with Crippen LogP contribution < -0.4 is 15.0 Å². The van der Waals surface area contributed by atoms with Crippen molar-refractivity contribution in [2.45, 2.75) is 13.8 Å². The summed E-state index contributed by atoms with van der Waals surface area (Å²) in [7, 11) is 1.54. The number of nitrogens with zero attached hydrogens (tertiary/aromatic N) is 1. The minimum Gasteiger partial charge on any atom is -0.497 e. The molecule has 0 bridgehead atoms. The number of methoxy groups -OCH3 is 1. The molecule has 1 heterocycles. The third-order valence-corrected chi connectivity index (χ3v) is 5.44. The maximum absolute atomic E-state index is 13.0. The average Bonchev–Trinajstić information content (AvgIpc) is 3.08. The predicted octanol–water partition coefficient (Wildman–Crippen LogP) is 3.91. The van der Waals surface area contributed by atoms with Crippen LogP contribution in [0, 0.1) is 13.8 Å². The van der Waals surface area contributed by atoms with E-state index in [9.17, 15) is 19.2 Å². The monoisotopic (exact) mass is 458 g/mol. The molecule has 0 radical (unpaired) electrons. The molecule has 0 aromatic heterocycles. The smallest absolute Gasteiger partial charge is 0.338 e. The molecule has 0 fully saturated rings. The second kappa shape index (κ2) is 9.19. The van der Waals surface area contributed by atoms with Gasteiger partial charge in [-0.25, -0.2) is 9.69 Å². The predicted molar refractivity (Wildman–Crippen MR) is 125 cm³/mol. The van der Waals surface area contributed by atoms with Gasteiger partial charge in [-0.1, -0.05) is 12.1 Å². The minimum absolute atomic E-state index is 0.0694. The third-order valence-electron chi connectivity index (χ3n) is 5.44. The van der Waals surface area contributed by atoms with E-state index in [1.165, 1.54) is 25.3 Å². The molecular weight excluding hydrogens is 436 g/mol. The quantitative estimate of drug-likeness (QED) is 0.444. The fourth-order valence-electron chi connectivity index (χ4n) is 3.63. The van der Waals surface area contributed by atoms with E-state index in [1.807, 2.05) is 26.0 Å². The Morgan fingerprint density at radius 3 is 2.29 bits per heavy atom. The maximum atomic E-state index is 13.0. The lowest BCUT2D eigenvalue weighted by molar-refractivity contribution is -0.119. The van der Waals surface area contributed by atoms with Crippen LogP contribution in [-0.2, 0) is 9.53 Å². The normalized spacial score (nSPS) is 12.4. The molecule has 0 spiro atoms. The fraction of sp³-hybridized carbons (Fsp3) is 0.154. The van der Waals surface area contributed by atoms with Crippen molar-refractivity contribution in [1.82, 2.24) is 0 Å². The van der Waals surface area contributed by atoms with E-state index in [1.54, 1.807) is 30.3 Å². The van der Waals surface area contributed by atoms with Gasteiger partial charge >= 0.3 is 5.97 Å². The Hall–Kier alpha value is -4.46. The summed E-state index contributed by atoms with van der Waals surface area (Å²) < 4.78 is 10.2. The fourth-order valence-corrected chi connectivity index (χ4v) is 3.63. The topological polar surface area (TPSA) is 102 Å². The number of hydrogen-bond acceptors (Lipinski definition) is 6. The van der Waals surface area contributed by atoms with Crippen molar-refractivity contribution in [3.8, 4) is 5.75 Å². The van der Waals surface area contributed by atoms with E-state index in [0.29, 0.717) is 17.1 Å². The standard InChI is InChI=1S/C26H22N2O6/c1-15-4-5-16(2)22(12-15)28-24(30)20-11-6-17(13-21(20)25(28)31)26(32)34-14-23(29)27-18-7-9-19(33-3)10-8-18/h4-13H,14H2,1-3H3,(H,27,29). The van der Waals surface area contributed by atoms with Gasteiger partial charge in [-0.3, -0.25) is 14.4 Å². The number of fused-ring (bicyclic) bond motifs is 1. The first-order valence-corrected chi connectivity index (χ1v) is 10.5. The van der Waals surface area contributed by atoms with Crippen LogP contribution >= 0.6 is 0 Å². The average molecular weight is 458 g/mol. The Balaban J connectivity index is 1.45. The van der Waals surface area contributed by atoms with E-state index in [2.05, 4.69) is 5.32 Å². The Bertz CT molecular complexity index is 1310. The number of carbonyl (C=O) groups excluding carboxylic acids is 4. The lowest BCUT2D eigenvalue weighted by Crippen LogP contribution is -2.30. The zero-order valence-corrected chi connectivity index (χ0v) is 18.9. The number of hydrogen-bond donors (Lipinski definition) is 1. The van der Waals surface area contributed by atoms with Gasteiger partial charge < -0.3 is 14.8 Å². The van der Waals surface area contributed by atoms with Crippen molar-refractivity contribution in [2.75, 3.05) is 23.9 Å². The highest BCUT2D eigenvalue weighted by Gasteiger charge is 2.38. The van der Waals surface area contributed by atoms with Crippen molar-refractivity contribution in [3.05, 3.63) is 88.5 Å². The van der Waals surface area contributed by atoms with Crippen LogP contribution in [0.5, 0.6) is 5.75 Å². The van der Waals surface area contributed by atoms with Crippen molar-refractivity contribution in [3.63, 3.8) is 0 Å². The zero-order valence-electron chi connectivity index (χ0n) is 18.9. The highest BCUT2D eigenvalue weighted by Crippen LogP contribution is 2.32. The molecule has 0 unspecified atom stereocenters. The summed E-state index contributed by atoms with van der Waals surface area (Å²) in [5.41, 5.74) is 3.11. The number of carbonyl (C=O) groups is 4.